The van der Waals surface area contributed by atoms with Crippen LogP contribution in [0, 0.1) is 0 Å². The number of para-hydroxylation sites is 2. The number of anilines is 3. The average molecular weight is 616 g/mol. The van der Waals surface area contributed by atoms with Crippen LogP contribution in [0.25, 0.3) is 20.8 Å². The van der Waals surface area contributed by atoms with Gasteiger partial charge in [0.2, 0.25) is 0 Å². The zero-order chi connectivity index (χ0) is 29.8. The number of urea groups is 1. The van der Waals surface area contributed by atoms with Gasteiger partial charge in [0.05, 0.1) is 35.6 Å². The highest BCUT2D eigenvalue weighted by Crippen LogP contribution is 2.40. The molecule has 43 heavy (non-hydrogen) atoms. The average Bonchev–Trinajstić information content (AvgIpc) is 3.66. The summed E-state index contributed by atoms with van der Waals surface area (Å²) in [6.45, 7) is 3.69. The molecule has 0 radical (unpaired) electrons. The third-order valence-electron chi connectivity index (χ3n) is 6.69. The van der Waals surface area contributed by atoms with Crippen molar-refractivity contribution in [2.45, 2.75) is 6.92 Å². The minimum Gasteiger partial charge on any atom is -0.492 e. The van der Waals surface area contributed by atoms with Gasteiger partial charge in [-0.1, -0.05) is 53.0 Å². The molecule has 3 aromatic carbocycles. The second kappa shape index (κ2) is 12.7. The van der Waals surface area contributed by atoms with E-state index in [2.05, 4.69) is 10.3 Å². The Morgan fingerprint density at radius 3 is 2.67 bits per heavy atom. The van der Waals surface area contributed by atoms with Crippen LogP contribution < -0.4 is 24.6 Å². The zero-order valence-corrected chi connectivity index (χ0v) is 25.2. The Labute approximate surface area is 256 Å². The molecule has 0 bridgehead atoms. The summed E-state index contributed by atoms with van der Waals surface area (Å²) in [4.78, 5) is 39.1. The number of thiazole rings is 2. The van der Waals surface area contributed by atoms with Gasteiger partial charge in [-0.15, -0.1) is 0 Å². The van der Waals surface area contributed by atoms with Gasteiger partial charge in [0.15, 0.2) is 10.8 Å². The molecule has 1 aliphatic heterocycles. The van der Waals surface area contributed by atoms with E-state index in [4.69, 9.17) is 19.2 Å². The van der Waals surface area contributed by atoms with E-state index in [0.29, 0.717) is 52.9 Å². The smallest absolute Gasteiger partial charge is 0.360 e. The lowest BCUT2D eigenvalue weighted by molar-refractivity contribution is 0.0521. The third kappa shape index (κ3) is 6.25. The maximum absolute atomic E-state index is 13.4. The molecule has 5 aromatic rings. The summed E-state index contributed by atoms with van der Waals surface area (Å²) in [6, 6.07) is 22.6. The molecular weight excluding hydrogens is 587 g/mol. The Morgan fingerprint density at radius 1 is 1.05 bits per heavy atom. The van der Waals surface area contributed by atoms with Gasteiger partial charge in [0, 0.05) is 12.6 Å². The van der Waals surface area contributed by atoms with Gasteiger partial charge in [-0.05, 0) is 49.4 Å². The minimum atomic E-state index is -0.492. The monoisotopic (exact) mass is 615 g/mol. The van der Waals surface area contributed by atoms with E-state index in [0.717, 1.165) is 21.5 Å². The number of nitrogens with zero attached hydrogens (tertiary/aromatic N) is 4. The first kappa shape index (κ1) is 28.4. The molecule has 0 spiro atoms. The van der Waals surface area contributed by atoms with E-state index < -0.39 is 5.97 Å². The molecule has 6 rings (SSSR count). The van der Waals surface area contributed by atoms with Gasteiger partial charge >= 0.3 is 12.0 Å². The Hall–Kier alpha value is -4.68. The summed E-state index contributed by atoms with van der Waals surface area (Å²) in [5, 5.41) is 4.75. The van der Waals surface area contributed by atoms with Gasteiger partial charge in [-0.25, -0.2) is 19.6 Å². The van der Waals surface area contributed by atoms with E-state index in [9.17, 15) is 9.59 Å². The lowest BCUT2D eigenvalue weighted by Gasteiger charge is -2.29. The SMILES string of the molecule is CCOC(=O)c1nc(-c2ccc3c(c2)N(C(=O)Nc2nc4ccccc4s2)CCO3)sc1N(C)CCOc1ccccc1. The number of nitrogens with one attached hydrogen (secondary N) is 1. The van der Waals surface area contributed by atoms with Gasteiger partial charge in [0.25, 0.3) is 0 Å². The van der Waals surface area contributed by atoms with Crippen molar-refractivity contribution in [3.63, 3.8) is 0 Å². The highest BCUT2D eigenvalue weighted by Gasteiger charge is 2.27. The highest BCUT2D eigenvalue weighted by atomic mass is 32.1. The molecule has 0 saturated carbocycles. The molecule has 220 valence electrons. The van der Waals surface area contributed by atoms with Gasteiger partial charge < -0.3 is 19.1 Å². The largest absolute Gasteiger partial charge is 0.492 e. The minimum absolute atomic E-state index is 0.237. The van der Waals surface area contributed by atoms with Crippen LogP contribution in [0.15, 0.2) is 72.8 Å². The Kier molecular flexibility index (Phi) is 8.38. The van der Waals surface area contributed by atoms with Crippen molar-refractivity contribution in [1.82, 2.24) is 9.97 Å². The van der Waals surface area contributed by atoms with Crippen LogP contribution in [-0.4, -0.2) is 61.9 Å². The molecular formula is C31H29N5O5S2. The summed E-state index contributed by atoms with van der Waals surface area (Å²) < 4.78 is 18.0. The molecule has 10 nitrogen and oxygen atoms in total. The van der Waals surface area contributed by atoms with Crippen molar-refractivity contribution in [1.29, 1.82) is 0 Å². The topological polar surface area (TPSA) is 106 Å². The lowest BCUT2D eigenvalue weighted by atomic mass is 10.1. The molecule has 0 aliphatic carbocycles. The number of hydrogen-bond donors (Lipinski definition) is 1. The van der Waals surface area contributed by atoms with E-state index in [-0.39, 0.29) is 18.3 Å². The summed E-state index contributed by atoms with van der Waals surface area (Å²) in [5.41, 5.74) is 2.43. The van der Waals surface area contributed by atoms with Crippen molar-refractivity contribution >= 4 is 60.7 Å². The summed E-state index contributed by atoms with van der Waals surface area (Å²) >= 11 is 2.80. The van der Waals surface area contributed by atoms with E-state index in [1.807, 2.05) is 84.7 Å². The first-order valence-electron chi connectivity index (χ1n) is 13.8. The van der Waals surface area contributed by atoms with Gasteiger partial charge in [-0.3, -0.25) is 10.2 Å². The number of ether oxygens (including phenoxy) is 3. The maximum atomic E-state index is 13.4. The number of amides is 2. The number of carbonyl (C=O) groups excluding carboxylic acids is 2. The molecule has 1 N–H and O–H groups in total. The number of benzene rings is 3. The van der Waals surface area contributed by atoms with Crippen LogP contribution in [0.3, 0.4) is 0 Å². The predicted octanol–water partition coefficient (Wildman–Crippen LogP) is 6.54. The van der Waals surface area contributed by atoms with Crippen molar-refractivity contribution in [3.05, 3.63) is 78.5 Å². The zero-order valence-electron chi connectivity index (χ0n) is 23.6. The van der Waals surface area contributed by atoms with Crippen LogP contribution in [0.5, 0.6) is 11.5 Å². The summed E-state index contributed by atoms with van der Waals surface area (Å²) in [7, 11) is 1.89. The van der Waals surface area contributed by atoms with E-state index >= 15 is 0 Å². The second-order valence-corrected chi connectivity index (χ2v) is 11.6. The van der Waals surface area contributed by atoms with Crippen molar-refractivity contribution in [2.24, 2.45) is 0 Å². The first-order chi connectivity index (χ1) is 21.0. The van der Waals surface area contributed by atoms with E-state index in [1.54, 1.807) is 11.8 Å². The second-order valence-electron chi connectivity index (χ2n) is 9.58. The third-order valence-corrected chi connectivity index (χ3v) is 8.86. The van der Waals surface area contributed by atoms with Crippen LogP contribution in [0.4, 0.5) is 20.6 Å². The quantitative estimate of drug-likeness (QED) is 0.186. The van der Waals surface area contributed by atoms with Gasteiger partial charge in [0.1, 0.15) is 34.7 Å². The molecule has 12 heteroatoms. The number of aromatic nitrogens is 2. The molecule has 0 atom stereocenters. The molecule has 3 heterocycles. The summed E-state index contributed by atoms with van der Waals surface area (Å²) in [5.74, 6) is 0.875. The lowest BCUT2D eigenvalue weighted by Crippen LogP contribution is -2.40. The molecule has 2 amide bonds. The number of fused-ring (bicyclic) bond motifs is 2. The standard InChI is InChI=1S/C31H29N5O5S2/c1-3-39-29(37)26-28(35(2)15-17-40-21-9-5-4-6-10-21)43-27(33-26)20-13-14-24-23(19-20)36(16-18-41-24)31(38)34-30-32-22-11-7-8-12-25(22)42-30/h4-14,19H,3,15-18H2,1-2H3,(H,32,34,38). The van der Waals surface area contributed by atoms with Crippen molar-refractivity contribution < 1.29 is 23.8 Å². The van der Waals surface area contributed by atoms with Crippen LogP contribution in [0.2, 0.25) is 0 Å². The molecule has 0 saturated heterocycles. The van der Waals surface area contributed by atoms with Crippen molar-refractivity contribution in [3.8, 4) is 22.1 Å². The maximum Gasteiger partial charge on any atom is 0.360 e. The molecule has 2 aromatic heterocycles. The number of esters is 1. The van der Waals surface area contributed by atoms with Crippen LogP contribution in [0.1, 0.15) is 17.4 Å². The Bertz CT molecular complexity index is 1720. The fourth-order valence-corrected chi connectivity index (χ4v) is 6.48. The number of likely N-dealkylation sites (N-methyl/N-ethyl adjacent to an activating group) is 1. The van der Waals surface area contributed by atoms with Gasteiger partial charge in [-0.2, -0.15) is 0 Å². The predicted molar refractivity (Wildman–Crippen MR) is 170 cm³/mol. The van der Waals surface area contributed by atoms with Crippen molar-refractivity contribution in [2.75, 3.05) is 55.1 Å². The van der Waals surface area contributed by atoms with Crippen LogP contribution in [-0.2, 0) is 4.74 Å². The first-order valence-corrected chi connectivity index (χ1v) is 15.4. The summed E-state index contributed by atoms with van der Waals surface area (Å²) in [6.07, 6.45) is 0. The number of rotatable bonds is 9. The highest BCUT2D eigenvalue weighted by molar-refractivity contribution is 7.22. The number of hydrogen-bond acceptors (Lipinski definition) is 10. The molecule has 0 unspecified atom stereocenters. The van der Waals surface area contributed by atoms with E-state index in [1.165, 1.54) is 22.7 Å². The molecule has 1 aliphatic rings. The normalized spacial score (nSPS) is 12.4. The van der Waals surface area contributed by atoms with Crippen LogP contribution >= 0.6 is 22.7 Å². The fourth-order valence-electron chi connectivity index (χ4n) is 4.59. The fraction of sp³-hybridized carbons (Fsp3) is 0.226. The Balaban J connectivity index is 1.24. The Morgan fingerprint density at radius 2 is 1.86 bits per heavy atom. The molecule has 0 fully saturated rings. The number of carbonyl (C=O) groups is 2.